The highest BCUT2D eigenvalue weighted by molar-refractivity contribution is 7.14. The number of thiophene rings is 1. The Morgan fingerprint density at radius 1 is 1.79 bits per heavy atom. The molecule has 0 bridgehead atoms. The molecule has 1 aromatic heterocycles. The van der Waals surface area contributed by atoms with Gasteiger partial charge in [0.25, 0.3) is 0 Å². The van der Waals surface area contributed by atoms with Gasteiger partial charge in [-0.15, -0.1) is 11.3 Å². The zero-order chi connectivity index (χ0) is 10.2. The van der Waals surface area contributed by atoms with E-state index in [-0.39, 0.29) is 11.7 Å². The molecule has 1 saturated heterocycles. The van der Waals surface area contributed by atoms with Crippen molar-refractivity contribution in [3.8, 4) is 0 Å². The average Bonchev–Trinajstić information content (AvgIpc) is 2.73. The molecule has 0 saturated carbocycles. The molecule has 2 rings (SSSR count). The summed E-state index contributed by atoms with van der Waals surface area (Å²) in [6.07, 6.45) is 2.17. The topological polar surface area (TPSA) is 35.2 Å². The van der Waals surface area contributed by atoms with E-state index in [1.165, 1.54) is 0 Å². The zero-order valence-electron chi connectivity index (χ0n) is 8.13. The summed E-state index contributed by atoms with van der Waals surface area (Å²) in [7, 11) is 0. The van der Waals surface area contributed by atoms with Gasteiger partial charge in [-0.1, -0.05) is 11.6 Å². The third-order valence-electron chi connectivity index (χ3n) is 2.79. The zero-order valence-corrected chi connectivity index (χ0v) is 9.70. The molecule has 2 nitrogen and oxygen atoms in total. The first-order chi connectivity index (χ1) is 6.64. The number of ether oxygens (including phenoxy) is 1. The normalized spacial score (nSPS) is 32.4. The van der Waals surface area contributed by atoms with Crippen molar-refractivity contribution < 1.29 is 4.74 Å². The van der Waals surface area contributed by atoms with Crippen molar-refractivity contribution in [3.05, 3.63) is 21.3 Å². The first-order valence-electron chi connectivity index (χ1n) is 4.75. The molecule has 0 amide bonds. The fourth-order valence-corrected chi connectivity index (χ4v) is 2.81. The molecular weight excluding hydrogens is 218 g/mol. The highest BCUT2D eigenvalue weighted by atomic mass is 35.5. The van der Waals surface area contributed by atoms with Gasteiger partial charge in [0.2, 0.25) is 0 Å². The predicted octanol–water partition coefficient (Wildman–Crippen LogP) is 2.97. The summed E-state index contributed by atoms with van der Waals surface area (Å²) in [5, 5.41) is 2.00. The summed E-state index contributed by atoms with van der Waals surface area (Å²) >= 11 is 7.62. The predicted molar refractivity (Wildman–Crippen MR) is 59.8 cm³/mol. The molecule has 2 atom stereocenters. The highest BCUT2D eigenvalue weighted by Crippen LogP contribution is 2.42. The molecule has 14 heavy (non-hydrogen) atoms. The van der Waals surface area contributed by atoms with Crippen molar-refractivity contribution in [2.24, 2.45) is 5.73 Å². The van der Waals surface area contributed by atoms with Gasteiger partial charge in [-0.25, -0.2) is 0 Å². The minimum absolute atomic E-state index is 0.141. The van der Waals surface area contributed by atoms with E-state index >= 15 is 0 Å². The number of nitrogens with two attached hydrogens (primary N) is 1. The monoisotopic (exact) mass is 231 g/mol. The molecule has 0 radical (unpaired) electrons. The SMILES string of the molecule is CC1(CN)CCC(c2ccsc2Cl)O1. The van der Waals surface area contributed by atoms with Crippen LogP contribution in [0.4, 0.5) is 0 Å². The summed E-state index contributed by atoms with van der Waals surface area (Å²) in [5.74, 6) is 0. The first kappa shape index (κ1) is 10.4. The van der Waals surface area contributed by atoms with E-state index in [1.54, 1.807) is 11.3 Å². The van der Waals surface area contributed by atoms with E-state index in [0.29, 0.717) is 6.54 Å². The van der Waals surface area contributed by atoms with Gasteiger partial charge in [-0.3, -0.25) is 0 Å². The fraction of sp³-hybridized carbons (Fsp3) is 0.600. The van der Waals surface area contributed by atoms with E-state index in [9.17, 15) is 0 Å². The van der Waals surface area contributed by atoms with Gasteiger partial charge in [0.1, 0.15) is 0 Å². The number of halogens is 1. The quantitative estimate of drug-likeness (QED) is 0.850. The molecule has 2 heterocycles. The van der Waals surface area contributed by atoms with E-state index in [4.69, 9.17) is 22.1 Å². The van der Waals surface area contributed by atoms with Gasteiger partial charge in [0.15, 0.2) is 0 Å². The lowest BCUT2D eigenvalue weighted by Gasteiger charge is -2.22. The molecule has 1 aliphatic rings. The lowest BCUT2D eigenvalue weighted by molar-refractivity contribution is -0.0228. The van der Waals surface area contributed by atoms with E-state index < -0.39 is 0 Å². The van der Waals surface area contributed by atoms with E-state index in [0.717, 1.165) is 22.7 Å². The van der Waals surface area contributed by atoms with Gasteiger partial charge < -0.3 is 10.5 Å². The minimum atomic E-state index is -0.157. The fourth-order valence-electron chi connectivity index (χ4n) is 1.80. The van der Waals surface area contributed by atoms with Crippen LogP contribution in [-0.2, 0) is 4.74 Å². The molecule has 2 unspecified atom stereocenters. The Balaban J connectivity index is 2.13. The van der Waals surface area contributed by atoms with Crippen molar-refractivity contribution in [2.45, 2.75) is 31.5 Å². The second kappa shape index (κ2) is 3.81. The molecule has 2 N–H and O–H groups in total. The third kappa shape index (κ3) is 1.82. The Morgan fingerprint density at radius 3 is 3.07 bits per heavy atom. The van der Waals surface area contributed by atoms with Gasteiger partial charge in [0.05, 0.1) is 16.0 Å². The van der Waals surface area contributed by atoms with E-state index in [1.807, 2.05) is 11.4 Å². The average molecular weight is 232 g/mol. The van der Waals surface area contributed by atoms with Gasteiger partial charge in [-0.05, 0) is 31.2 Å². The molecule has 1 fully saturated rings. The van der Waals surface area contributed by atoms with Gasteiger partial charge >= 0.3 is 0 Å². The summed E-state index contributed by atoms with van der Waals surface area (Å²) in [6, 6.07) is 2.04. The van der Waals surface area contributed by atoms with Crippen molar-refractivity contribution >= 4 is 22.9 Å². The van der Waals surface area contributed by atoms with Crippen LogP contribution in [0.1, 0.15) is 31.4 Å². The maximum Gasteiger partial charge on any atom is 0.0986 e. The Kier molecular flexibility index (Phi) is 2.84. The highest BCUT2D eigenvalue weighted by Gasteiger charge is 2.36. The molecule has 0 spiro atoms. The van der Waals surface area contributed by atoms with Crippen LogP contribution in [0.15, 0.2) is 11.4 Å². The van der Waals surface area contributed by atoms with E-state index in [2.05, 4.69) is 6.92 Å². The third-order valence-corrected chi connectivity index (χ3v) is 3.99. The van der Waals surface area contributed by atoms with Crippen LogP contribution in [0, 0.1) is 0 Å². The van der Waals surface area contributed by atoms with Crippen LogP contribution < -0.4 is 5.73 Å². The standard InChI is InChI=1S/C10H14ClNOS/c1-10(6-12)4-2-8(13-10)7-3-5-14-9(7)11/h3,5,8H,2,4,6,12H2,1H3. The molecule has 4 heteroatoms. The number of hydrogen-bond donors (Lipinski definition) is 1. The maximum atomic E-state index is 6.06. The molecule has 1 aromatic rings. The summed E-state index contributed by atoms with van der Waals surface area (Å²) in [6.45, 7) is 2.64. The Bertz CT molecular complexity index is 328. The summed E-state index contributed by atoms with van der Waals surface area (Å²) in [4.78, 5) is 0. The largest absolute Gasteiger partial charge is 0.366 e. The summed E-state index contributed by atoms with van der Waals surface area (Å²) < 4.78 is 6.76. The smallest absolute Gasteiger partial charge is 0.0986 e. The van der Waals surface area contributed by atoms with Crippen LogP contribution in [0.3, 0.4) is 0 Å². The second-order valence-electron chi connectivity index (χ2n) is 3.95. The Hall–Kier alpha value is -0.0900. The first-order valence-corrected chi connectivity index (χ1v) is 6.01. The molecule has 0 aromatic carbocycles. The van der Waals surface area contributed by atoms with Crippen molar-refractivity contribution in [1.82, 2.24) is 0 Å². The van der Waals surface area contributed by atoms with Crippen LogP contribution in [-0.4, -0.2) is 12.1 Å². The van der Waals surface area contributed by atoms with Crippen molar-refractivity contribution in [2.75, 3.05) is 6.54 Å². The Morgan fingerprint density at radius 2 is 2.57 bits per heavy atom. The number of rotatable bonds is 2. The second-order valence-corrected chi connectivity index (χ2v) is 5.47. The maximum absolute atomic E-state index is 6.06. The van der Waals surface area contributed by atoms with Crippen molar-refractivity contribution in [3.63, 3.8) is 0 Å². The van der Waals surface area contributed by atoms with Crippen molar-refractivity contribution in [1.29, 1.82) is 0 Å². The number of hydrogen-bond acceptors (Lipinski definition) is 3. The molecule has 1 aliphatic heterocycles. The van der Waals surface area contributed by atoms with Crippen LogP contribution in [0.25, 0.3) is 0 Å². The molecular formula is C10H14ClNOS. The molecule has 78 valence electrons. The van der Waals surface area contributed by atoms with Crippen LogP contribution in [0.5, 0.6) is 0 Å². The Labute approximate surface area is 93.0 Å². The minimum Gasteiger partial charge on any atom is -0.366 e. The van der Waals surface area contributed by atoms with Gasteiger partial charge in [-0.2, -0.15) is 0 Å². The lowest BCUT2D eigenvalue weighted by Crippen LogP contribution is -2.33. The summed E-state index contributed by atoms with van der Waals surface area (Å²) in [5.41, 5.74) is 6.63. The lowest BCUT2D eigenvalue weighted by atomic mass is 10.0. The van der Waals surface area contributed by atoms with Crippen LogP contribution >= 0.6 is 22.9 Å². The molecule has 0 aliphatic carbocycles. The van der Waals surface area contributed by atoms with Gasteiger partial charge in [0, 0.05) is 12.1 Å². The van der Waals surface area contributed by atoms with Crippen LogP contribution in [0.2, 0.25) is 4.34 Å².